The molecule has 0 saturated carbocycles. The van der Waals surface area contributed by atoms with Crippen LogP contribution in [0, 0.1) is 0 Å². The molecule has 1 N–H and O–H groups in total. The van der Waals surface area contributed by atoms with E-state index in [1.54, 1.807) is 16.2 Å². The molecule has 7 nitrogen and oxygen atoms in total. The lowest BCUT2D eigenvalue weighted by molar-refractivity contribution is -0.151. The number of aromatic nitrogens is 2. The molecule has 27 heavy (non-hydrogen) atoms. The van der Waals surface area contributed by atoms with Crippen LogP contribution in [-0.2, 0) is 33.6 Å². The van der Waals surface area contributed by atoms with Crippen molar-refractivity contribution in [3.8, 4) is 0 Å². The van der Waals surface area contributed by atoms with Crippen molar-refractivity contribution in [3.63, 3.8) is 0 Å². The number of hydrogen-bond acceptors (Lipinski definition) is 6. The Morgan fingerprint density at radius 3 is 2.70 bits per heavy atom. The van der Waals surface area contributed by atoms with E-state index >= 15 is 0 Å². The smallest absolute Gasteiger partial charge is 0.306 e. The summed E-state index contributed by atoms with van der Waals surface area (Å²) in [4.78, 5) is 47.2. The maximum Gasteiger partial charge on any atom is 0.306 e. The highest BCUT2D eigenvalue weighted by Gasteiger charge is 2.20. The first-order chi connectivity index (χ1) is 13.0. The van der Waals surface area contributed by atoms with Crippen LogP contribution in [0.1, 0.15) is 49.4 Å². The number of amides is 1. The van der Waals surface area contributed by atoms with Crippen LogP contribution in [0.15, 0.2) is 4.79 Å². The summed E-state index contributed by atoms with van der Waals surface area (Å²) in [7, 11) is 0. The first-order valence-corrected chi connectivity index (χ1v) is 10.3. The number of carbonyl (C=O) groups is 2. The summed E-state index contributed by atoms with van der Waals surface area (Å²) in [6, 6.07) is 0. The number of H-pyrrole nitrogens is 1. The quantitative estimate of drug-likeness (QED) is 0.731. The van der Waals surface area contributed by atoms with E-state index in [1.165, 1.54) is 4.88 Å². The zero-order valence-electron chi connectivity index (χ0n) is 15.8. The van der Waals surface area contributed by atoms with E-state index < -0.39 is 5.97 Å². The summed E-state index contributed by atoms with van der Waals surface area (Å²) >= 11 is 1.59. The van der Waals surface area contributed by atoms with Gasteiger partial charge in [-0.15, -0.1) is 11.3 Å². The van der Waals surface area contributed by atoms with Crippen LogP contribution in [0.2, 0.25) is 0 Å². The van der Waals surface area contributed by atoms with Crippen LogP contribution in [0.4, 0.5) is 0 Å². The van der Waals surface area contributed by atoms with Gasteiger partial charge in [-0.05, 0) is 45.1 Å². The second-order valence-corrected chi connectivity index (χ2v) is 7.71. The molecule has 1 amide bonds. The van der Waals surface area contributed by atoms with Gasteiger partial charge >= 0.3 is 5.97 Å². The number of aromatic amines is 1. The van der Waals surface area contributed by atoms with E-state index in [2.05, 4.69) is 9.97 Å². The molecule has 2 aromatic rings. The fourth-order valence-corrected chi connectivity index (χ4v) is 4.71. The summed E-state index contributed by atoms with van der Waals surface area (Å²) in [5.74, 6) is -0.188. The van der Waals surface area contributed by atoms with Gasteiger partial charge in [0.2, 0.25) is 0 Å². The highest BCUT2D eigenvalue weighted by atomic mass is 32.1. The maximum atomic E-state index is 12.5. The molecule has 0 bridgehead atoms. The largest absolute Gasteiger partial charge is 0.456 e. The topological polar surface area (TPSA) is 92.4 Å². The van der Waals surface area contributed by atoms with Gasteiger partial charge in [0.1, 0.15) is 10.7 Å². The Morgan fingerprint density at radius 2 is 1.96 bits per heavy atom. The number of esters is 1. The molecule has 0 radical (unpaired) electrons. The molecule has 2 aromatic heterocycles. The monoisotopic (exact) mass is 391 g/mol. The summed E-state index contributed by atoms with van der Waals surface area (Å²) in [6.07, 6.45) is 4.57. The molecule has 0 saturated heterocycles. The molecule has 0 aromatic carbocycles. The van der Waals surface area contributed by atoms with E-state index in [0.717, 1.165) is 36.1 Å². The predicted molar refractivity (Wildman–Crippen MR) is 104 cm³/mol. The summed E-state index contributed by atoms with van der Waals surface area (Å²) in [5.41, 5.74) is 1.02. The number of likely N-dealkylation sites (N-methyl/N-ethyl adjacent to an activating group) is 1. The van der Waals surface area contributed by atoms with Crippen LogP contribution in [0.25, 0.3) is 10.2 Å². The van der Waals surface area contributed by atoms with Crippen LogP contribution < -0.4 is 5.56 Å². The molecule has 8 heteroatoms. The lowest BCUT2D eigenvalue weighted by Gasteiger charge is -2.18. The van der Waals surface area contributed by atoms with Crippen LogP contribution in [0.5, 0.6) is 0 Å². The number of carbonyl (C=O) groups excluding carboxylic acids is 2. The summed E-state index contributed by atoms with van der Waals surface area (Å²) in [6.45, 7) is 4.68. The molecular weight excluding hydrogens is 366 g/mol. The van der Waals surface area contributed by atoms with E-state index in [1.807, 2.05) is 13.8 Å². The molecule has 0 unspecified atom stereocenters. The van der Waals surface area contributed by atoms with Gasteiger partial charge in [0.05, 0.1) is 11.8 Å². The van der Waals surface area contributed by atoms with Gasteiger partial charge in [-0.3, -0.25) is 14.4 Å². The Balaban J connectivity index is 1.61. The lowest BCUT2D eigenvalue weighted by Crippen LogP contribution is -2.34. The lowest BCUT2D eigenvalue weighted by atomic mass is 9.97. The van der Waals surface area contributed by atoms with Crippen LogP contribution >= 0.6 is 11.3 Å². The zero-order chi connectivity index (χ0) is 19.4. The minimum atomic E-state index is -0.469. The first-order valence-electron chi connectivity index (χ1n) is 9.50. The zero-order valence-corrected chi connectivity index (χ0v) is 16.6. The minimum absolute atomic E-state index is 0.0745. The number of hydrogen-bond donors (Lipinski definition) is 1. The predicted octanol–water partition coefficient (Wildman–Crippen LogP) is 2.21. The molecule has 0 atom stereocenters. The van der Waals surface area contributed by atoms with E-state index in [9.17, 15) is 14.4 Å². The fourth-order valence-electron chi connectivity index (χ4n) is 3.43. The van der Waals surface area contributed by atoms with Crippen molar-refractivity contribution in [2.24, 2.45) is 0 Å². The van der Waals surface area contributed by atoms with E-state index in [0.29, 0.717) is 24.3 Å². The second kappa shape index (κ2) is 8.65. The number of thiophene rings is 1. The van der Waals surface area contributed by atoms with Gasteiger partial charge in [-0.25, -0.2) is 4.98 Å². The Morgan fingerprint density at radius 1 is 1.22 bits per heavy atom. The standard InChI is InChI=1S/C19H25N3O4S/c1-3-22(4-2)15(23)11-26-16(24)10-9-14-20-18(25)17-12-7-5-6-8-13(12)27-19(17)21-14/h3-11H2,1-2H3,(H,20,21,25). The van der Waals surface area contributed by atoms with Crippen molar-refractivity contribution in [3.05, 3.63) is 26.6 Å². The van der Waals surface area contributed by atoms with Crippen molar-refractivity contribution in [2.45, 2.75) is 52.4 Å². The number of nitrogens with zero attached hydrogens (tertiary/aromatic N) is 2. The third-order valence-corrected chi connectivity index (χ3v) is 6.10. The van der Waals surface area contributed by atoms with Crippen molar-refractivity contribution in [1.29, 1.82) is 0 Å². The van der Waals surface area contributed by atoms with Crippen molar-refractivity contribution in [1.82, 2.24) is 14.9 Å². The molecule has 0 aliphatic heterocycles. The van der Waals surface area contributed by atoms with Gasteiger partial charge in [0, 0.05) is 24.4 Å². The molecule has 3 rings (SSSR count). The molecule has 1 aliphatic carbocycles. The molecular formula is C19H25N3O4S. The SMILES string of the molecule is CCN(CC)C(=O)COC(=O)CCc1nc2sc3c(c2c(=O)[nH]1)CCCC3. The van der Waals surface area contributed by atoms with Crippen molar-refractivity contribution >= 4 is 33.4 Å². The first kappa shape index (κ1) is 19.5. The average molecular weight is 391 g/mol. The number of aryl methyl sites for hydroxylation is 3. The van der Waals surface area contributed by atoms with Crippen molar-refractivity contribution < 1.29 is 14.3 Å². The van der Waals surface area contributed by atoms with E-state index in [4.69, 9.17) is 4.74 Å². The molecule has 0 spiro atoms. The minimum Gasteiger partial charge on any atom is -0.456 e. The molecule has 0 fully saturated rings. The molecule has 1 aliphatic rings. The average Bonchev–Trinajstić information content (AvgIpc) is 3.04. The second-order valence-electron chi connectivity index (χ2n) is 6.63. The molecule has 2 heterocycles. The maximum absolute atomic E-state index is 12.5. The van der Waals surface area contributed by atoms with Gasteiger partial charge < -0.3 is 14.6 Å². The van der Waals surface area contributed by atoms with Crippen molar-refractivity contribution in [2.75, 3.05) is 19.7 Å². The third-order valence-electron chi connectivity index (χ3n) is 4.91. The Bertz CT molecular complexity index is 898. The Hall–Kier alpha value is -2.22. The highest BCUT2D eigenvalue weighted by Crippen LogP contribution is 2.33. The Labute approximate surface area is 161 Å². The van der Waals surface area contributed by atoms with Crippen LogP contribution in [-0.4, -0.2) is 46.4 Å². The summed E-state index contributed by atoms with van der Waals surface area (Å²) < 4.78 is 5.05. The van der Waals surface area contributed by atoms with Gasteiger partial charge in [0.25, 0.3) is 11.5 Å². The van der Waals surface area contributed by atoms with Gasteiger partial charge in [-0.1, -0.05) is 0 Å². The molecule has 146 valence electrons. The van der Waals surface area contributed by atoms with Gasteiger partial charge in [0.15, 0.2) is 6.61 Å². The summed E-state index contributed by atoms with van der Waals surface area (Å²) in [5, 5.41) is 0.714. The fraction of sp³-hybridized carbons (Fsp3) is 0.579. The number of fused-ring (bicyclic) bond motifs is 3. The number of ether oxygens (including phenoxy) is 1. The third kappa shape index (κ3) is 4.37. The number of nitrogens with one attached hydrogen (secondary N) is 1. The Kier molecular flexibility index (Phi) is 6.26. The van der Waals surface area contributed by atoms with E-state index in [-0.39, 0.29) is 30.9 Å². The van der Waals surface area contributed by atoms with Gasteiger partial charge in [-0.2, -0.15) is 0 Å². The number of rotatable bonds is 7. The highest BCUT2D eigenvalue weighted by molar-refractivity contribution is 7.18. The normalized spacial score (nSPS) is 13.4. The van der Waals surface area contributed by atoms with Crippen LogP contribution in [0.3, 0.4) is 0 Å².